The number of hydrogen-bond acceptors (Lipinski definition) is 3. The summed E-state index contributed by atoms with van der Waals surface area (Å²) >= 11 is 0. The van der Waals surface area contributed by atoms with Crippen molar-refractivity contribution in [3.05, 3.63) is 169 Å². The van der Waals surface area contributed by atoms with Gasteiger partial charge in [0.15, 0.2) is 5.58 Å². The van der Waals surface area contributed by atoms with Crippen LogP contribution in [0.25, 0.3) is 32.7 Å². The van der Waals surface area contributed by atoms with Crippen LogP contribution < -0.4 is 9.80 Å². The molecule has 0 bridgehead atoms. The highest BCUT2D eigenvalue weighted by atomic mass is 16.3. The van der Waals surface area contributed by atoms with Crippen LogP contribution in [0.3, 0.4) is 0 Å². The Kier molecular flexibility index (Phi) is 6.57. The smallest absolute Gasteiger partial charge is 0.162 e. The Morgan fingerprint density at radius 2 is 0.778 bits per heavy atom. The summed E-state index contributed by atoms with van der Waals surface area (Å²) in [5, 5.41) is 4.41. The van der Waals surface area contributed by atoms with E-state index < -0.39 is 0 Å². The lowest BCUT2D eigenvalue weighted by Crippen LogP contribution is -2.14. The van der Waals surface area contributed by atoms with Gasteiger partial charge in [-0.2, -0.15) is 0 Å². The molecule has 1 aromatic heterocycles. The maximum absolute atomic E-state index is 6.95. The number of furan rings is 1. The first-order chi connectivity index (χ1) is 22.2. The van der Waals surface area contributed by atoms with Crippen molar-refractivity contribution in [1.82, 2.24) is 0 Å². The van der Waals surface area contributed by atoms with Crippen LogP contribution in [0, 0.1) is 13.8 Å². The maximum atomic E-state index is 6.95. The molecule has 7 aromatic carbocycles. The number of para-hydroxylation sites is 3. The maximum Gasteiger partial charge on any atom is 0.162 e. The molecule has 0 aliphatic heterocycles. The van der Waals surface area contributed by atoms with Crippen molar-refractivity contribution >= 4 is 66.8 Å². The number of benzene rings is 7. The summed E-state index contributed by atoms with van der Waals surface area (Å²) in [7, 11) is 0. The van der Waals surface area contributed by atoms with Gasteiger partial charge in [-0.15, -0.1) is 0 Å². The van der Waals surface area contributed by atoms with Gasteiger partial charge in [-0.05, 0) is 68.4 Å². The Morgan fingerprint density at radius 1 is 0.378 bits per heavy atom. The zero-order chi connectivity index (χ0) is 30.3. The third-order valence-corrected chi connectivity index (χ3v) is 8.55. The van der Waals surface area contributed by atoms with Gasteiger partial charge in [0.2, 0.25) is 0 Å². The minimum absolute atomic E-state index is 0.849. The van der Waals surface area contributed by atoms with E-state index in [1.165, 1.54) is 11.1 Å². The highest BCUT2D eigenvalue weighted by Crippen LogP contribution is 2.53. The fourth-order valence-electron chi connectivity index (χ4n) is 6.41. The topological polar surface area (TPSA) is 19.6 Å². The van der Waals surface area contributed by atoms with Gasteiger partial charge in [0.25, 0.3) is 0 Å². The van der Waals surface area contributed by atoms with Gasteiger partial charge in [0, 0.05) is 38.9 Å². The fourth-order valence-corrected chi connectivity index (χ4v) is 6.41. The fraction of sp³-hybridized carbons (Fsp3) is 0.0476. The van der Waals surface area contributed by atoms with Crippen molar-refractivity contribution in [3.8, 4) is 0 Å². The summed E-state index contributed by atoms with van der Waals surface area (Å²) in [5.74, 6) is 0. The van der Waals surface area contributed by atoms with Crippen LogP contribution in [0.2, 0.25) is 0 Å². The van der Waals surface area contributed by atoms with Crippen LogP contribution in [-0.2, 0) is 0 Å². The molecular formula is C42H32N2O. The Balaban J connectivity index is 1.56. The highest BCUT2D eigenvalue weighted by Gasteiger charge is 2.28. The van der Waals surface area contributed by atoms with Crippen LogP contribution in [0.4, 0.5) is 34.1 Å². The van der Waals surface area contributed by atoms with E-state index in [9.17, 15) is 0 Å². The quantitative estimate of drug-likeness (QED) is 0.182. The first-order valence-electron chi connectivity index (χ1n) is 15.4. The van der Waals surface area contributed by atoms with Gasteiger partial charge in [-0.1, -0.05) is 114 Å². The molecule has 8 rings (SSSR count). The van der Waals surface area contributed by atoms with Crippen LogP contribution >= 0.6 is 0 Å². The molecular weight excluding hydrogens is 548 g/mol. The van der Waals surface area contributed by atoms with Crippen molar-refractivity contribution in [2.75, 3.05) is 9.80 Å². The van der Waals surface area contributed by atoms with Gasteiger partial charge in [0.1, 0.15) is 5.58 Å². The summed E-state index contributed by atoms with van der Waals surface area (Å²) in [4.78, 5) is 4.73. The molecule has 0 atom stereocenters. The molecule has 0 aliphatic carbocycles. The number of nitrogens with zero attached hydrogens (tertiary/aromatic N) is 2. The number of rotatable bonds is 6. The van der Waals surface area contributed by atoms with Gasteiger partial charge in [0.05, 0.1) is 16.8 Å². The van der Waals surface area contributed by atoms with E-state index in [1.54, 1.807) is 0 Å². The Hall–Kier alpha value is -5.80. The van der Waals surface area contributed by atoms with Crippen LogP contribution in [0.5, 0.6) is 0 Å². The van der Waals surface area contributed by atoms with Gasteiger partial charge >= 0.3 is 0 Å². The van der Waals surface area contributed by atoms with E-state index in [1.807, 2.05) is 6.07 Å². The number of anilines is 6. The third kappa shape index (κ3) is 4.61. The lowest BCUT2D eigenvalue weighted by atomic mass is 9.97. The predicted octanol–water partition coefficient (Wildman–Crippen LogP) is 12.3. The minimum atomic E-state index is 0.849. The first-order valence-corrected chi connectivity index (χ1v) is 15.4. The third-order valence-electron chi connectivity index (χ3n) is 8.55. The van der Waals surface area contributed by atoms with E-state index in [4.69, 9.17) is 4.42 Å². The molecule has 3 heteroatoms. The normalized spacial score (nSPS) is 11.3. The molecule has 45 heavy (non-hydrogen) atoms. The van der Waals surface area contributed by atoms with E-state index in [0.29, 0.717) is 0 Å². The number of hydrogen-bond donors (Lipinski definition) is 0. The second-order valence-corrected chi connectivity index (χ2v) is 11.6. The summed E-state index contributed by atoms with van der Waals surface area (Å²) in [5.41, 5.74) is 10.6. The molecule has 0 fully saturated rings. The standard InChI is InChI=1S/C42H32N2O/c1-29-21-25-33(26-22-29)43(31-13-5-3-6-14-31)40-35-17-9-10-18-36(35)41(42-39(40)37-19-11-12-20-38(37)45-42)44(32-15-7-4-8-16-32)34-27-23-30(2)24-28-34/h3-28H,1-2H3. The van der Waals surface area contributed by atoms with Crippen molar-refractivity contribution in [2.24, 2.45) is 0 Å². The summed E-state index contributed by atoms with van der Waals surface area (Å²) < 4.78 is 6.95. The minimum Gasteiger partial charge on any atom is -0.454 e. The van der Waals surface area contributed by atoms with Crippen LogP contribution in [-0.4, -0.2) is 0 Å². The van der Waals surface area contributed by atoms with Crippen molar-refractivity contribution in [1.29, 1.82) is 0 Å². The Labute approximate surface area is 263 Å². The van der Waals surface area contributed by atoms with Gasteiger partial charge in [-0.3, -0.25) is 0 Å². The average Bonchev–Trinajstić information content (AvgIpc) is 3.47. The molecule has 0 spiro atoms. The average molecular weight is 581 g/mol. The first kappa shape index (κ1) is 26.8. The Bertz CT molecular complexity index is 2270. The molecule has 0 N–H and O–H groups in total. The zero-order valence-corrected chi connectivity index (χ0v) is 25.3. The molecule has 0 radical (unpaired) electrons. The number of fused-ring (bicyclic) bond motifs is 4. The Morgan fingerprint density at radius 3 is 1.31 bits per heavy atom. The van der Waals surface area contributed by atoms with E-state index in [2.05, 4.69) is 175 Å². The summed E-state index contributed by atoms with van der Waals surface area (Å²) in [6.45, 7) is 4.26. The molecule has 3 nitrogen and oxygen atoms in total. The molecule has 0 aliphatic rings. The molecule has 0 amide bonds. The summed E-state index contributed by atoms with van der Waals surface area (Å²) in [6, 6.07) is 55.9. The van der Waals surface area contributed by atoms with Crippen molar-refractivity contribution in [3.63, 3.8) is 0 Å². The lowest BCUT2D eigenvalue weighted by molar-refractivity contribution is 0.669. The largest absolute Gasteiger partial charge is 0.454 e. The molecule has 216 valence electrons. The molecule has 0 unspecified atom stereocenters. The van der Waals surface area contributed by atoms with Crippen molar-refractivity contribution < 1.29 is 4.42 Å². The second-order valence-electron chi connectivity index (χ2n) is 11.6. The second kappa shape index (κ2) is 11.0. The highest BCUT2D eigenvalue weighted by molar-refractivity contribution is 6.28. The van der Waals surface area contributed by atoms with Crippen LogP contribution in [0.15, 0.2) is 162 Å². The summed E-state index contributed by atoms with van der Waals surface area (Å²) in [6.07, 6.45) is 0. The lowest BCUT2D eigenvalue weighted by Gasteiger charge is -2.31. The monoisotopic (exact) mass is 580 g/mol. The predicted molar refractivity (Wildman–Crippen MR) is 190 cm³/mol. The zero-order valence-electron chi connectivity index (χ0n) is 25.3. The van der Waals surface area contributed by atoms with Crippen LogP contribution in [0.1, 0.15) is 11.1 Å². The van der Waals surface area contributed by atoms with E-state index in [0.717, 1.165) is 66.8 Å². The van der Waals surface area contributed by atoms with Crippen molar-refractivity contribution in [2.45, 2.75) is 13.8 Å². The molecule has 8 aromatic rings. The molecule has 1 heterocycles. The number of aryl methyl sites for hydroxylation is 2. The van der Waals surface area contributed by atoms with E-state index in [-0.39, 0.29) is 0 Å². The SMILES string of the molecule is Cc1ccc(N(c2ccccc2)c2c3ccccc3c(N(c3ccccc3)c3ccc(C)cc3)c3c2oc2ccccc23)cc1. The molecule has 0 saturated heterocycles. The van der Waals surface area contributed by atoms with E-state index >= 15 is 0 Å². The molecule has 0 saturated carbocycles. The van der Waals surface area contributed by atoms with Gasteiger partial charge in [-0.25, -0.2) is 0 Å². The van der Waals surface area contributed by atoms with Gasteiger partial charge < -0.3 is 14.2 Å².